The average molecular weight is 132 g/mol. The zero-order valence-corrected chi connectivity index (χ0v) is 5.73. The number of hydrogen-bond donors (Lipinski definition) is 0. The summed E-state index contributed by atoms with van der Waals surface area (Å²) in [5, 5.41) is 1.93. The van der Waals surface area contributed by atoms with Crippen molar-refractivity contribution in [3.63, 3.8) is 0 Å². The molecule has 7 heavy (non-hydrogen) atoms. The third-order valence-electron chi connectivity index (χ3n) is 0.905. The van der Waals surface area contributed by atoms with Gasteiger partial charge in [0, 0.05) is 0 Å². The van der Waals surface area contributed by atoms with Crippen LogP contribution >= 0.6 is 23.5 Å². The molecular weight excluding hydrogens is 124 g/mol. The van der Waals surface area contributed by atoms with Crippen molar-refractivity contribution in [3.05, 3.63) is 12.0 Å². The first kappa shape index (κ1) is 5.57. The van der Waals surface area contributed by atoms with Crippen LogP contribution in [-0.2, 0) is 0 Å². The van der Waals surface area contributed by atoms with Crippen molar-refractivity contribution in [1.82, 2.24) is 0 Å². The molecule has 1 aliphatic heterocycles. The van der Waals surface area contributed by atoms with E-state index in [1.807, 2.05) is 28.9 Å². The van der Waals surface area contributed by atoms with Gasteiger partial charge in [-0.1, -0.05) is 6.58 Å². The second kappa shape index (κ2) is 2.68. The highest BCUT2D eigenvalue weighted by molar-refractivity contribution is 8.19. The van der Waals surface area contributed by atoms with Gasteiger partial charge < -0.3 is 0 Å². The number of hydrogen-bond acceptors (Lipinski definition) is 2. The lowest BCUT2D eigenvalue weighted by molar-refractivity contribution is 1.01. The van der Waals surface area contributed by atoms with Crippen molar-refractivity contribution in [3.8, 4) is 0 Å². The Morgan fingerprint density at radius 2 is 2.57 bits per heavy atom. The van der Waals surface area contributed by atoms with Gasteiger partial charge in [-0.2, -0.15) is 0 Å². The fourth-order valence-corrected chi connectivity index (χ4v) is 2.33. The second-order valence-electron chi connectivity index (χ2n) is 1.39. The summed E-state index contributed by atoms with van der Waals surface area (Å²) < 4.78 is 0.845. The number of thioether (sulfide) groups is 2. The van der Waals surface area contributed by atoms with Crippen LogP contribution in [0.5, 0.6) is 0 Å². The van der Waals surface area contributed by atoms with E-state index >= 15 is 0 Å². The van der Waals surface area contributed by atoms with E-state index in [4.69, 9.17) is 0 Å². The van der Waals surface area contributed by atoms with Gasteiger partial charge in [0.1, 0.15) is 0 Å². The average Bonchev–Trinajstić information content (AvgIpc) is 1.55. The van der Waals surface area contributed by atoms with E-state index in [9.17, 15) is 0 Å². The first-order valence-electron chi connectivity index (χ1n) is 2.31. The van der Waals surface area contributed by atoms with Crippen LogP contribution in [0.1, 0.15) is 6.42 Å². The lowest BCUT2D eigenvalue weighted by Gasteiger charge is -2.21. The summed E-state index contributed by atoms with van der Waals surface area (Å²) in [7, 11) is 0. The van der Waals surface area contributed by atoms with Gasteiger partial charge in [-0.15, -0.1) is 23.5 Å². The van der Waals surface area contributed by atoms with E-state index < -0.39 is 0 Å². The van der Waals surface area contributed by atoms with E-state index in [1.54, 1.807) is 0 Å². The maximum absolute atomic E-state index is 3.63. The molecule has 1 heterocycles. The predicted octanol–water partition coefficient (Wildman–Crippen LogP) is 2.33. The third kappa shape index (κ3) is 1.42. The normalized spacial score (nSPS) is 28.9. The maximum atomic E-state index is 3.63. The third-order valence-corrected chi connectivity index (χ3v) is 3.46. The van der Waals surface area contributed by atoms with E-state index in [1.165, 1.54) is 12.2 Å². The minimum atomic E-state index is 0.845. The van der Waals surface area contributed by atoms with Gasteiger partial charge in [0.15, 0.2) is 0 Å². The molecule has 0 spiro atoms. The highest BCUT2D eigenvalue weighted by Gasteiger charge is 2.15. The van der Waals surface area contributed by atoms with Gasteiger partial charge in [0.05, 0.1) is 4.58 Å². The van der Waals surface area contributed by atoms with Crippen molar-refractivity contribution in [2.24, 2.45) is 0 Å². The highest BCUT2D eigenvalue weighted by Crippen LogP contribution is 2.36. The van der Waals surface area contributed by atoms with Crippen LogP contribution in [0.4, 0.5) is 0 Å². The van der Waals surface area contributed by atoms with E-state index in [-0.39, 0.29) is 0 Å². The van der Waals surface area contributed by atoms with Crippen LogP contribution in [0.15, 0.2) is 12.0 Å². The van der Waals surface area contributed by atoms with Crippen LogP contribution < -0.4 is 0 Å². The molecule has 0 aromatic carbocycles. The number of rotatable bonds is 2. The Morgan fingerprint density at radius 3 is 2.71 bits per heavy atom. The molecule has 0 bridgehead atoms. The molecule has 1 unspecified atom stereocenters. The zero-order valence-electron chi connectivity index (χ0n) is 4.09. The summed E-state index contributed by atoms with van der Waals surface area (Å²) in [6.07, 6.45) is 1.38. The van der Waals surface area contributed by atoms with E-state index in [0.29, 0.717) is 0 Å². The van der Waals surface area contributed by atoms with Crippen molar-refractivity contribution in [2.45, 2.75) is 11.0 Å². The molecular formula is C5H8S2. The van der Waals surface area contributed by atoms with Crippen molar-refractivity contribution in [2.75, 3.05) is 5.75 Å². The lowest BCUT2D eigenvalue weighted by atomic mass is 10.5. The Balaban J connectivity index is 2.03. The van der Waals surface area contributed by atoms with Crippen molar-refractivity contribution in [1.29, 1.82) is 0 Å². The van der Waals surface area contributed by atoms with Crippen molar-refractivity contribution < 1.29 is 0 Å². The van der Waals surface area contributed by atoms with E-state index in [0.717, 1.165) is 4.58 Å². The van der Waals surface area contributed by atoms with Crippen LogP contribution in [0.2, 0.25) is 0 Å². The smallest absolute Gasteiger partial charge is 0.0551 e. The summed E-state index contributed by atoms with van der Waals surface area (Å²) in [5.74, 6) is 1.35. The predicted molar refractivity (Wildman–Crippen MR) is 38.7 cm³/mol. The molecule has 1 fully saturated rings. The van der Waals surface area contributed by atoms with Crippen LogP contribution in [-0.4, -0.2) is 10.3 Å². The first-order chi connectivity index (χ1) is 3.43. The lowest BCUT2D eigenvalue weighted by Crippen LogP contribution is -2.08. The Morgan fingerprint density at radius 1 is 1.86 bits per heavy atom. The molecule has 0 N–H and O–H groups in total. The standard InChI is InChI=1S/C5H8S2/c1-2-6-5-3-4-7-5/h2,5H,1,3-4H2. The Bertz CT molecular complexity index is 66.5. The fourth-order valence-electron chi connectivity index (χ4n) is 0.429. The molecule has 1 aliphatic rings. The summed E-state index contributed by atoms with van der Waals surface area (Å²) >= 11 is 3.87. The van der Waals surface area contributed by atoms with Gasteiger partial charge in [-0.05, 0) is 17.6 Å². The molecule has 0 aliphatic carbocycles. The quantitative estimate of drug-likeness (QED) is 0.565. The molecule has 2 heteroatoms. The summed E-state index contributed by atoms with van der Waals surface area (Å²) in [4.78, 5) is 0. The molecule has 1 saturated heterocycles. The summed E-state index contributed by atoms with van der Waals surface area (Å²) in [5.41, 5.74) is 0. The Labute approximate surface area is 52.7 Å². The van der Waals surface area contributed by atoms with E-state index in [2.05, 4.69) is 6.58 Å². The van der Waals surface area contributed by atoms with Gasteiger partial charge in [0.25, 0.3) is 0 Å². The molecule has 1 rings (SSSR count). The fraction of sp³-hybridized carbons (Fsp3) is 0.600. The molecule has 0 aromatic rings. The summed E-state index contributed by atoms with van der Waals surface area (Å²) in [6, 6.07) is 0. The zero-order chi connectivity index (χ0) is 5.11. The molecule has 0 amide bonds. The monoisotopic (exact) mass is 132 g/mol. The van der Waals surface area contributed by atoms with Crippen molar-refractivity contribution >= 4 is 23.5 Å². The van der Waals surface area contributed by atoms with Gasteiger partial charge in [-0.3, -0.25) is 0 Å². The van der Waals surface area contributed by atoms with Crippen LogP contribution in [0, 0.1) is 0 Å². The Kier molecular flexibility index (Phi) is 2.13. The molecule has 0 aromatic heterocycles. The topological polar surface area (TPSA) is 0 Å². The molecule has 0 saturated carbocycles. The maximum Gasteiger partial charge on any atom is 0.0551 e. The molecule has 40 valence electrons. The second-order valence-corrected chi connectivity index (χ2v) is 4.18. The molecule has 0 nitrogen and oxygen atoms in total. The van der Waals surface area contributed by atoms with Gasteiger partial charge in [-0.25, -0.2) is 0 Å². The molecule has 1 atom stereocenters. The molecule has 0 radical (unpaired) electrons. The van der Waals surface area contributed by atoms with Crippen LogP contribution in [0.25, 0.3) is 0 Å². The Hall–Kier alpha value is 0.440. The first-order valence-corrected chi connectivity index (χ1v) is 4.30. The largest absolute Gasteiger partial charge is 0.147 e. The minimum Gasteiger partial charge on any atom is -0.147 e. The summed E-state index contributed by atoms with van der Waals surface area (Å²) in [6.45, 7) is 3.63. The van der Waals surface area contributed by atoms with Crippen LogP contribution in [0.3, 0.4) is 0 Å². The highest BCUT2D eigenvalue weighted by atomic mass is 32.2. The SMILES string of the molecule is C=CSC1CCS1. The minimum absolute atomic E-state index is 0.845. The van der Waals surface area contributed by atoms with Gasteiger partial charge >= 0.3 is 0 Å². The van der Waals surface area contributed by atoms with Gasteiger partial charge in [0.2, 0.25) is 0 Å².